The molecule has 0 aliphatic rings. The lowest BCUT2D eigenvalue weighted by molar-refractivity contribution is -0.385. The summed E-state index contributed by atoms with van der Waals surface area (Å²) in [5.74, 6) is -0.138. The molecule has 0 atom stereocenters. The van der Waals surface area contributed by atoms with Gasteiger partial charge in [-0.3, -0.25) is 14.9 Å². The third-order valence-electron chi connectivity index (χ3n) is 5.19. The van der Waals surface area contributed by atoms with E-state index in [0.29, 0.717) is 10.6 Å². The minimum atomic E-state index is -0.432. The number of nitrogens with zero attached hydrogens (tertiary/aromatic N) is 4. The Labute approximate surface area is 180 Å². The van der Waals surface area contributed by atoms with Crippen molar-refractivity contribution in [1.82, 2.24) is 14.7 Å². The van der Waals surface area contributed by atoms with Gasteiger partial charge in [-0.1, -0.05) is 35.9 Å². The van der Waals surface area contributed by atoms with Crippen molar-refractivity contribution in [2.45, 2.75) is 33.7 Å². The van der Waals surface area contributed by atoms with E-state index in [2.05, 4.69) is 5.10 Å². The van der Waals surface area contributed by atoms with Gasteiger partial charge in [0, 0.05) is 35.0 Å². The van der Waals surface area contributed by atoms with Gasteiger partial charge in [-0.25, -0.2) is 4.68 Å². The predicted octanol–water partition coefficient (Wildman–Crippen LogP) is 4.56. The maximum absolute atomic E-state index is 12.8. The molecule has 0 spiro atoms. The largest absolute Gasteiger partial charge is 0.341 e. The normalized spacial score (nSPS) is 10.8. The van der Waals surface area contributed by atoms with E-state index >= 15 is 0 Å². The van der Waals surface area contributed by atoms with E-state index in [1.54, 1.807) is 29.9 Å². The number of aromatic nitrogens is 2. The molecule has 0 saturated carbocycles. The predicted molar refractivity (Wildman–Crippen MR) is 116 cm³/mol. The van der Waals surface area contributed by atoms with Crippen LogP contribution in [0.1, 0.15) is 28.1 Å². The van der Waals surface area contributed by atoms with E-state index in [4.69, 9.17) is 11.6 Å². The van der Waals surface area contributed by atoms with Gasteiger partial charge < -0.3 is 4.90 Å². The summed E-state index contributed by atoms with van der Waals surface area (Å²) in [4.78, 5) is 25.1. The number of amides is 1. The van der Waals surface area contributed by atoms with Gasteiger partial charge in [0.15, 0.2) is 0 Å². The van der Waals surface area contributed by atoms with Gasteiger partial charge in [0.05, 0.1) is 29.3 Å². The molecule has 0 aliphatic heterocycles. The standard InChI is InChI=1S/C22H23ClN4O3/c1-14-9-10-18(11-20(14)23)26-16(3)19(15(2)24-26)12-22(28)25(4)13-17-7-5-6-8-21(17)27(29)30/h5-11H,12-13H2,1-4H3. The monoisotopic (exact) mass is 426 g/mol. The Morgan fingerprint density at radius 2 is 1.90 bits per heavy atom. The third-order valence-corrected chi connectivity index (χ3v) is 5.60. The lowest BCUT2D eigenvalue weighted by Crippen LogP contribution is -2.28. The molecule has 156 valence electrons. The molecule has 7 nitrogen and oxygen atoms in total. The van der Waals surface area contributed by atoms with Crippen LogP contribution in [0.4, 0.5) is 5.69 Å². The van der Waals surface area contributed by atoms with Crippen molar-refractivity contribution in [3.8, 4) is 5.69 Å². The van der Waals surface area contributed by atoms with Crippen molar-refractivity contribution in [3.63, 3.8) is 0 Å². The van der Waals surface area contributed by atoms with Crippen LogP contribution in [-0.4, -0.2) is 32.6 Å². The molecule has 8 heteroatoms. The van der Waals surface area contributed by atoms with Gasteiger partial charge >= 0.3 is 0 Å². The van der Waals surface area contributed by atoms with Crippen molar-refractivity contribution in [2.75, 3.05) is 7.05 Å². The van der Waals surface area contributed by atoms with Crippen molar-refractivity contribution in [3.05, 3.63) is 85.7 Å². The second kappa shape index (κ2) is 8.67. The number of likely N-dealkylation sites (N-methyl/N-ethyl adjacent to an activating group) is 1. The molecule has 0 unspecified atom stereocenters. The molecule has 30 heavy (non-hydrogen) atoms. The van der Waals surface area contributed by atoms with Crippen LogP contribution in [0, 0.1) is 30.9 Å². The first-order valence-corrected chi connectivity index (χ1v) is 9.84. The van der Waals surface area contributed by atoms with E-state index in [1.165, 1.54) is 11.0 Å². The number of nitro benzene ring substituents is 1. The average Bonchev–Trinajstić information content (AvgIpc) is 2.98. The molecule has 0 aliphatic carbocycles. The summed E-state index contributed by atoms with van der Waals surface area (Å²) in [7, 11) is 1.65. The summed E-state index contributed by atoms with van der Waals surface area (Å²) in [6.45, 7) is 5.88. The van der Waals surface area contributed by atoms with E-state index in [1.807, 2.05) is 39.0 Å². The Morgan fingerprint density at radius 3 is 2.57 bits per heavy atom. The summed E-state index contributed by atoms with van der Waals surface area (Å²) < 4.78 is 1.78. The van der Waals surface area contributed by atoms with Crippen molar-refractivity contribution < 1.29 is 9.72 Å². The van der Waals surface area contributed by atoms with Gasteiger partial charge in [-0.05, 0) is 38.5 Å². The fourth-order valence-electron chi connectivity index (χ4n) is 3.35. The number of para-hydroxylation sites is 1. The zero-order chi connectivity index (χ0) is 22.0. The summed E-state index contributed by atoms with van der Waals surface area (Å²) in [5.41, 5.74) is 4.78. The van der Waals surface area contributed by atoms with E-state index in [0.717, 1.165) is 28.2 Å². The minimum absolute atomic E-state index is 0.00794. The zero-order valence-electron chi connectivity index (χ0n) is 17.3. The van der Waals surface area contributed by atoms with E-state index in [9.17, 15) is 14.9 Å². The SMILES string of the molecule is Cc1ccc(-n2nc(C)c(CC(=O)N(C)Cc3ccccc3[N+](=O)[O-])c2C)cc1Cl. The van der Waals surface area contributed by atoms with Crippen LogP contribution >= 0.6 is 11.6 Å². The quantitative estimate of drug-likeness (QED) is 0.427. The highest BCUT2D eigenvalue weighted by Crippen LogP contribution is 2.24. The molecule has 0 radical (unpaired) electrons. The highest BCUT2D eigenvalue weighted by Gasteiger charge is 2.21. The lowest BCUT2D eigenvalue weighted by Gasteiger charge is -2.17. The number of benzene rings is 2. The van der Waals surface area contributed by atoms with Crippen LogP contribution in [0.15, 0.2) is 42.5 Å². The number of hydrogen-bond donors (Lipinski definition) is 0. The maximum atomic E-state index is 12.8. The number of rotatable bonds is 6. The Bertz CT molecular complexity index is 1120. The Kier molecular flexibility index (Phi) is 6.22. The maximum Gasteiger partial charge on any atom is 0.274 e. The molecule has 0 saturated heterocycles. The number of nitro groups is 1. The first-order chi connectivity index (χ1) is 14.2. The van der Waals surface area contributed by atoms with Crippen molar-refractivity contribution in [1.29, 1.82) is 0 Å². The summed E-state index contributed by atoms with van der Waals surface area (Å²) in [6, 6.07) is 12.2. The number of carbonyl (C=O) groups is 1. The topological polar surface area (TPSA) is 81.3 Å². The number of hydrogen-bond acceptors (Lipinski definition) is 4. The molecule has 3 rings (SSSR count). The Hall–Kier alpha value is -3.19. The minimum Gasteiger partial charge on any atom is -0.341 e. The molecule has 1 amide bonds. The fraction of sp³-hybridized carbons (Fsp3) is 0.273. The molecule has 0 fully saturated rings. The molecule has 3 aromatic rings. The molecule has 0 bridgehead atoms. The van der Waals surface area contributed by atoms with E-state index < -0.39 is 4.92 Å². The molecule has 1 aromatic heterocycles. The van der Waals surface area contributed by atoms with E-state index in [-0.39, 0.29) is 24.6 Å². The zero-order valence-corrected chi connectivity index (χ0v) is 18.1. The van der Waals surface area contributed by atoms with Gasteiger partial charge in [0.25, 0.3) is 5.69 Å². The van der Waals surface area contributed by atoms with Crippen LogP contribution in [-0.2, 0) is 17.8 Å². The first kappa shape index (κ1) is 21.5. The number of halogens is 1. The summed E-state index contributed by atoms with van der Waals surface area (Å²) in [6.07, 6.45) is 0.161. The summed E-state index contributed by atoms with van der Waals surface area (Å²) in [5, 5.41) is 16.5. The van der Waals surface area contributed by atoms with Crippen LogP contribution < -0.4 is 0 Å². The fourth-order valence-corrected chi connectivity index (χ4v) is 3.52. The Balaban J connectivity index is 1.81. The van der Waals surface area contributed by atoms with Crippen molar-refractivity contribution >= 4 is 23.2 Å². The molecular weight excluding hydrogens is 404 g/mol. The second-order valence-electron chi connectivity index (χ2n) is 7.31. The highest BCUT2D eigenvalue weighted by atomic mass is 35.5. The second-order valence-corrected chi connectivity index (χ2v) is 7.71. The van der Waals surface area contributed by atoms with Crippen LogP contribution in [0.2, 0.25) is 5.02 Å². The molecule has 1 heterocycles. The number of carbonyl (C=O) groups excluding carboxylic acids is 1. The number of aryl methyl sites for hydroxylation is 2. The summed E-state index contributed by atoms with van der Waals surface area (Å²) >= 11 is 6.25. The smallest absolute Gasteiger partial charge is 0.274 e. The van der Waals surface area contributed by atoms with Crippen LogP contribution in [0.5, 0.6) is 0 Å². The van der Waals surface area contributed by atoms with Crippen LogP contribution in [0.25, 0.3) is 5.69 Å². The van der Waals surface area contributed by atoms with Gasteiger partial charge in [-0.2, -0.15) is 5.10 Å². The van der Waals surface area contributed by atoms with Crippen LogP contribution in [0.3, 0.4) is 0 Å². The van der Waals surface area contributed by atoms with Gasteiger partial charge in [0.2, 0.25) is 5.91 Å². The Morgan fingerprint density at radius 1 is 1.20 bits per heavy atom. The van der Waals surface area contributed by atoms with Crippen molar-refractivity contribution in [2.24, 2.45) is 0 Å². The molecule has 2 aromatic carbocycles. The van der Waals surface area contributed by atoms with Gasteiger partial charge in [0.1, 0.15) is 0 Å². The molecular formula is C22H23ClN4O3. The van der Waals surface area contributed by atoms with Gasteiger partial charge in [-0.15, -0.1) is 0 Å². The molecule has 0 N–H and O–H groups in total. The first-order valence-electron chi connectivity index (χ1n) is 9.47. The lowest BCUT2D eigenvalue weighted by atomic mass is 10.1. The average molecular weight is 427 g/mol. The third kappa shape index (κ3) is 4.36. The highest BCUT2D eigenvalue weighted by molar-refractivity contribution is 6.31.